The summed E-state index contributed by atoms with van der Waals surface area (Å²) in [5.41, 5.74) is 8.22. The van der Waals surface area contributed by atoms with Crippen molar-refractivity contribution in [1.29, 1.82) is 5.26 Å². The van der Waals surface area contributed by atoms with E-state index in [1.807, 2.05) is 13.1 Å². The van der Waals surface area contributed by atoms with Gasteiger partial charge in [0.15, 0.2) is 0 Å². The maximum absolute atomic E-state index is 8.84. The Morgan fingerprint density at radius 1 is 1.44 bits per heavy atom. The predicted octanol–water partition coefficient (Wildman–Crippen LogP) is 2.62. The summed E-state index contributed by atoms with van der Waals surface area (Å²) in [6.07, 6.45) is 1.12. The zero-order chi connectivity index (χ0) is 12.1. The predicted molar refractivity (Wildman–Crippen MR) is 68.3 cm³/mol. The SMILES string of the molecule is CC(C)CCN(C)c1cc(C#N)ccc1N. The molecule has 0 atom stereocenters. The zero-order valence-electron chi connectivity index (χ0n) is 10.2. The van der Waals surface area contributed by atoms with Crippen LogP contribution in [-0.2, 0) is 0 Å². The van der Waals surface area contributed by atoms with Crippen LogP contribution in [0.15, 0.2) is 18.2 Å². The van der Waals surface area contributed by atoms with Crippen molar-refractivity contribution in [3.05, 3.63) is 23.8 Å². The van der Waals surface area contributed by atoms with E-state index in [4.69, 9.17) is 11.0 Å². The van der Waals surface area contributed by atoms with Gasteiger partial charge in [-0.2, -0.15) is 5.26 Å². The summed E-state index contributed by atoms with van der Waals surface area (Å²) in [5.74, 6) is 0.669. The van der Waals surface area contributed by atoms with Gasteiger partial charge in [0.25, 0.3) is 0 Å². The van der Waals surface area contributed by atoms with E-state index in [1.54, 1.807) is 12.1 Å². The molecule has 1 rings (SSSR count). The Morgan fingerprint density at radius 3 is 2.69 bits per heavy atom. The Bertz CT molecular complexity index is 391. The van der Waals surface area contributed by atoms with Gasteiger partial charge in [-0.25, -0.2) is 0 Å². The molecule has 86 valence electrons. The molecule has 0 fully saturated rings. The van der Waals surface area contributed by atoms with Crippen molar-refractivity contribution in [1.82, 2.24) is 0 Å². The molecule has 2 N–H and O–H groups in total. The van der Waals surface area contributed by atoms with Crippen LogP contribution < -0.4 is 10.6 Å². The Hall–Kier alpha value is -1.69. The first-order valence-electron chi connectivity index (χ1n) is 5.55. The molecule has 0 aliphatic carbocycles. The van der Waals surface area contributed by atoms with E-state index in [9.17, 15) is 0 Å². The Balaban J connectivity index is 2.82. The van der Waals surface area contributed by atoms with Crippen LogP contribution in [0.3, 0.4) is 0 Å². The molecule has 0 aromatic heterocycles. The van der Waals surface area contributed by atoms with Gasteiger partial charge in [-0.3, -0.25) is 0 Å². The first-order chi connectivity index (χ1) is 7.54. The van der Waals surface area contributed by atoms with Crippen LogP contribution >= 0.6 is 0 Å². The van der Waals surface area contributed by atoms with Gasteiger partial charge in [-0.15, -0.1) is 0 Å². The van der Waals surface area contributed by atoms with Crippen LogP contribution in [0.1, 0.15) is 25.8 Å². The van der Waals surface area contributed by atoms with Crippen LogP contribution in [0, 0.1) is 17.2 Å². The normalized spacial score (nSPS) is 10.2. The van der Waals surface area contributed by atoms with Crippen molar-refractivity contribution in [2.75, 3.05) is 24.2 Å². The molecule has 0 aliphatic rings. The second-order valence-electron chi connectivity index (χ2n) is 4.49. The molecule has 3 nitrogen and oxygen atoms in total. The number of nitrogens with zero attached hydrogens (tertiary/aromatic N) is 2. The third-order valence-corrected chi connectivity index (χ3v) is 2.61. The Morgan fingerprint density at radius 2 is 2.12 bits per heavy atom. The molecule has 0 heterocycles. The van der Waals surface area contributed by atoms with Gasteiger partial charge in [0.2, 0.25) is 0 Å². The lowest BCUT2D eigenvalue weighted by Crippen LogP contribution is -2.21. The number of benzene rings is 1. The van der Waals surface area contributed by atoms with Crippen molar-refractivity contribution in [2.24, 2.45) is 5.92 Å². The number of hydrogen-bond donors (Lipinski definition) is 1. The van der Waals surface area contributed by atoms with Gasteiger partial charge in [0.05, 0.1) is 23.0 Å². The van der Waals surface area contributed by atoms with Gasteiger partial charge in [-0.05, 0) is 30.5 Å². The second kappa shape index (κ2) is 5.41. The Labute approximate surface area is 97.5 Å². The third kappa shape index (κ3) is 3.16. The number of rotatable bonds is 4. The van der Waals surface area contributed by atoms with Crippen LogP contribution in [0.25, 0.3) is 0 Å². The monoisotopic (exact) mass is 217 g/mol. The lowest BCUT2D eigenvalue weighted by Gasteiger charge is -2.22. The summed E-state index contributed by atoms with van der Waals surface area (Å²) in [5, 5.41) is 8.84. The number of anilines is 2. The average Bonchev–Trinajstić information content (AvgIpc) is 2.26. The molecule has 16 heavy (non-hydrogen) atoms. The van der Waals surface area contributed by atoms with Crippen LogP contribution in [-0.4, -0.2) is 13.6 Å². The van der Waals surface area contributed by atoms with Gasteiger partial charge in [0, 0.05) is 13.6 Å². The van der Waals surface area contributed by atoms with Gasteiger partial charge < -0.3 is 10.6 Å². The fourth-order valence-electron chi connectivity index (χ4n) is 1.52. The molecule has 0 aliphatic heterocycles. The number of nitrogen functional groups attached to an aromatic ring is 1. The van der Waals surface area contributed by atoms with Crippen molar-refractivity contribution in [3.8, 4) is 6.07 Å². The molecule has 3 heteroatoms. The fraction of sp³-hybridized carbons (Fsp3) is 0.462. The summed E-state index contributed by atoms with van der Waals surface area (Å²) in [6, 6.07) is 7.51. The van der Waals surface area contributed by atoms with Crippen LogP contribution in [0.4, 0.5) is 11.4 Å². The summed E-state index contributed by atoms with van der Waals surface area (Å²) in [7, 11) is 2.01. The van der Waals surface area contributed by atoms with E-state index in [2.05, 4.69) is 24.8 Å². The minimum Gasteiger partial charge on any atom is -0.397 e. The smallest absolute Gasteiger partial charge is 0.0992 e. The summed E-state index contributed by atoms with van der Waals surface area (Å²) >= 11 is 0. The number of hydrogen-bond acceptors (Lipinski definition) is 3. The maximum atomic E-state index is 8.84. The molecule has 0 unspecified atom stereocenters. The van der Waals surface area contributed by atoms with Gasteiger partial charge in [-0.1, -0.05) is 13.8 Å². The fourth-order valence-corrected chi connectivity index (χ4v) is 1.52. The highest BCUT2D eigenvalue weighted by Gasteiger charge is 2.07. The minimum absolute atomic E-state index is 0.653. The largest absolute Gasteiger partial charge is 0.397 e. The lowest BCUT2D eigenvalue weighted by molar-refractivity contribution is 0.585. The zero-order valence-corrected chi connectivity index (χ0v) is 10.2. The first-order valence-corrected chi connectivity index (χ1v) is 5.55. The third-order valence-electron chi connectivity index (χ3n) is 2.61. The van der Waals surface area contributed by atoms with Crippen LogP contribution in [0.2, 0.25) is 0 Å². The Kier molecular flexibility index (Phi) is 4.19. The highest BCUT2D eigenvalue weighted by molar-refractivity contribution is 5.69. The molecule has 0 radical (unpaired) electrons. The van der Waals surface area contributed by atoms with Crippen molar-refractivity contribution >= 4 is 11.4 Å². The van der Waals surface area contributed by atoms with Gasteiger partial charge >= 0.3 is 0 Å². The summed E-state index contributed by atoms with van der Waals surface area (Å²) in [6.45, 7) is 5.35. The topological polar surface area (TPSA) is 53.0 Å². The molecule has 0 amide bonds. The lowest BCUT2D eigenvalue weighted by atomic mass is 10.1. The second-order valence-corrected chi connectivity index (χ2v) is 4.49. The van der Waals surface area contributed by atoms with E-state index in [0.29, 0.717) is 11.5 Å². The maximum Gasteiger partial charge on any atom is 0.0992 e. The molecule has 1 aromatic rings. The van der Waals surface area contributed by atoms with E-state index in [-0.39, 0.29) is 0 Å². The van der Waals surface area contributed by atoms with Gasteiger partial charge in [0.1, 0.15) is 0 Å². The van der Waals surface area contributed by atoms with E-state index in [1.165, 1.54) is 0 Å². The average molecular weight is 217 g/mol. The first kappa shape index (κ1) is 12.4. The van der Waals surface area contributed by atoms with E-state index < -0.39 is 0 Å². The molecular formula is C13H19N3. The van der Waals surface area contributed by atoms with E-state index in [0.717, 1.165) is 24.3 Å². The molecule has 0 spiro atoms. The molecular weight excluding hydrogens is 198 g/mol. The summed E-state index contributed by atoms with van der Waals surface area (Å²) in [4.78, 5) is 2.11. The highest BCUT2D eigenvalue weighted by Crippen LogP contribution is 2.23. The van der Waals surface area contributed by atoms with Crippen LogP contribution in [0.5, 0.6) is 0 Å². The number of nitrogens with two attached hydrogens (primary N) is 1. The molecule has 0 saturated heterocycles. The molecule has 0 saturated carbocycles. The highest BCUT2D eigenvalue weighted by atomic mass is 15.1. The molecule has 0 bridgehead atoms. The van der Waals surface area contributed by atoms with Crippen molar-refractivity contribution < 1.29 is 0 Å². The quantitative estimate of drug-likeness (QED) is 0.789. The van der Waals surface area contributed by atoms with Crippen molar-refractivity contribution in [3.63, 3.8) is 0 Å². The van der Waals surface area contributed by atoms with E-state index >= 15 is 0 Å². The summed E-state index contributed by atoms with van der Waals surface area (Å²) < 4.78 is 0. The standard InChI is InChI=1S/C13H19N3/c1-10(2)6-7-16(3)13-8-11(9-14)4-5-12(13)15/h4-5,8,10H,6-7,15H2,1-3H3. The number of nitriles is 1. The molecule has 1 aromatic carbocycles. The minimum atomic E-state index is 0.653. The van der Waals surface area contributed by atoms with Crippen molar-refractivity contribution in [2.45, 2.75) is 20.3 Å².